The summed E-state index contributed by atoms with van der Waals surface area (Å²) >= 11 is 6.12. The van der Waals surface area contributed by atoms with Crippen LogP contribution in [-0.4, -0.2) is 54.1 Å². The van der Waals surface area contributed by atoms with Gasteiger partial charge in [-0.1, -0.05) is 11.6 Å². The van der Waals surface area contributed by atoms with Gasteiger partial charge < -0.3 is 4.90 Å². The monoisotopic (exact) mass is 366 g/mol. The van der Waals surface area contributed by atoms with Crippen molar-refractivity contribution in [3.05, 3.63) is 29.5 Å². The molecule has 0 atom stereocenters. The Labute approximate surface area is 146 Å². The second-order valence-electron chi connectivity index (χ2n) is 6.34. The number of fused-ring (bicyclic) bond motifs is 1. The van der Waals surface area contributed by atoms with Gasteiger partial charge in [-0.2, -0.15) is 4.31 Å². The lowest BCUT2D eigenvalue weighted by molar-refractivity contribution is 0.432. The Bertz CT molecular complexity index is 870. The van der Waals surface area contributed by atoms with Crippen molar-refractivity contribution < 1.29 is 8.42 Å². The quantitative estimate of drug-likeness (QED) is 0.833. The standard InChI is InChI=1S/C16H19ClN4O2S/c17-12-2-5-15-14(10-12)16(19-11-18-15)20-6-1-7-21(9-8-20)24(22,23)13-3-4-13/h2,5,10-11,13H,1,3-4,6-9H2. The van der Waals surface area contributed by atoms with Crippen molar-refractivity contribution in [3.63, 3.8) is 0 Å². The van der Waals surface area contributed by atoms with Gasteiger partial charge in [0.15, 0.2) is 0 Å². The number of hydrogen-bond donors (Lipinski definition) is 0. The molecule has 1 aliphatic heterocycles. The van der Waals surface area contributed by atoms with Crippen LogP contribution in [0.2, 0.25) is 5.02 Å². The van der Waals surface area contributed by atoms with Crippen LogP contribution in [0.1, 0.15) is 19.3 Å². The normalized spacial score (nSPS) is 20.3. The topological polar surface area (TPSA) is 66.4 Å². The summed E-state index contributed by atoms with van der Waals surface area (Å²) in [4.78, 5) is 10.9. The predicted molar refractivity (Wildman–Crippen MR) is 94.9 cm³/mol. The van der Waals surface area contributed by atoms with Crippen LogP contribution in [0.25, 0.3) is 10.9 Å². The van der Waals surface area contributed by atoms with E-state index in [-0.39, 0.29) is 5.25 Å². The number of nitrogens with zero attached hydrogens (tertiary/aromatic N) is 4. The molecule has 1 aliphatic carbocycles. The van der Waals surface area contributed by atoms with Gasteiger partial charge in [-0.05, 0) is 37.5 Å². The summed E-state index contributed by atoms with van der Waals surface area (Å²) in [6, 6.07) is 5.56. The van der Waals surface area contributed by atoms with Gasteiger partial charge in [-0.3, -0.25) is 0 Å². The molecule has 8 heteroatoms. The van der Waals surface area contributed by atoms with E-state index in [9.17, 15) is 8.42 Å². The minimum Gasteiger partial charge on any atom is -0.355 e. The maximum absolute atomic E-state index is 12.5. The number of halogens is 1. The van der Waals surface area contributed by atoms with Crippen molar-refractivity contribution in [2.24, 2.45) is 0 Å². The van der Waals surface area contributed by atoms with Gasteiger partial charge in [-0.15, -0.1) is 0 Å². The fraction of sp³-hybridized carbons (Fsp3) is 0.500. The van der Waals surface area contributed by atoms with Gasteiger partial charge in [0.25, 0.3) is 0 Å². The molecule has 0 spiro atoms. The van der Waals surface area contributed by atoms with Gasteiger partial charge in [-0.25, -0.2) is 18.4 Å². The van der Waals surface area contributed by atoms with Crippen LogP contribution < -0.4 is 4.90 Å². The minimum absolute atomic E-state index is 0.150. The Kier molecular flexibility index (Phi) is 4.10. The third-order valence-electron chi connectivity index (χ3n) is 4.64. The molecule has 4 rings (SSSR count). The van der Waals surface area contributed by atoms with Crippen LogP contribution in [0.5, 0.6) is 0 Å². The lowest BCUT2D eigenvalue weighted by atomic mass is 10.2. The van der Waals surface area contributed by atoms with Crippen molar-refractivity contribution in [1.29, 1.82) is 0 Å². The number of hydrogen-bond acceptors (Lipinski definition) is 5. The maximum atomic E-state index is 12.5. The van der Waals surface area contributed by atoms with E-state index >= 15 is 0 Å². The van der Waals surface area contributed by atoms with Crippen molar-refractivity contribution in [2.75, 3.05) is 31.1 Å². The molecule has 24 heavy (non-hydrogen) atoms. The van der Waals surface area contributed by atoms with Crippen molar-refractivity contribution >= 4 is 38.3 Å². The summed E-state index contributed by atoms with van der Waals surface area (Å²) in [6.07, 6.45) is 3.95. The molecule has 1 aromatic carbocycles. The van der Waals surface area contributed by atoms with Crippen LogP contribution >= 0.6 is 11.6 Å². The van der Waals surface area contributed by atoms with E-state index in [0.717, 1.165) is 42.5 Å². The number of rotatable bonds is 3. The van der Waals surface area contributed by atoms with Crippen LogP contribution in [-0.2, 0) is 10.0 Å². The van der Waals surface area contributed by atoms with Crippen molar-refractivity contribution in [2.45, 2.75) is 24.5 Å². The van der Waals surface area contributed by atoms with Crippen molar-refractivity contribution in [1.82, 2.24) is 14.3 Å². The SMILES string of the molecule is O=S(=O)(C1CC1)N1CCCN(c2ncnc3ccc(Cl)cc23)CC1. The zero-order valence-electron chi connectivity index (χ0n) is 13.2. The molecule has 0 unspecified atom stereocenters. The number of aromatic nitrogens is 2. The summed E-state index contributed by atoms with van der Waals surface area (Å²) in [5.74, 6) is 0.827. The molecule has 0 bridgehead atoms. The van der Waals surface area contributed by atoms with Crippen LogP contribution in [0.15, 0.2) is 24.5 Å². The Morgan fingerprint density at radius 1 is 1.08 bits per heavy atom. The molecule has 1 aromatic heterocycles. The molecular formula is C16H19ClN4O2S. The van der Waals surface area contributed by atoms with Gasteiger partial charge in [0.05, 0.1) is 10.8 Å². The summed E-state index contributed by atoms with van der Waals surface area (Å²) < 4.78 is 26.6. The Hall–Kier alpha value is -1.44. The van der Waals surface area contributed by atoms with Gasteiger partial charge in [0.2, 0.25) is 10.0 Å². The zero-order chi connectivity index (χ0) is 16.7. The third-order valence-corrected chi connectivity index (χ3v) is 7.27. The highest BCUT2D eigenvalue weighted by atomic mass is 35.5. The highest BCUT2D eigenvalue weighted by Gasteiger charge is 2.40. The second-order valence-corrected chi connectivity index (χ2v) is 8.99. The average molecular weight is 367 g/mol. The first-order chi connectivity index (χ1) is 11.6. The smallest absolute Gasteiger partial charge is 0.217 e. The summed E-state index contributed by atoms with van der Waals surface area (Å²) in [5.41, 5.74) is 0.844. The van der Waals surface area contributed by atoms with Crippen LogP contribution in [0.3, 0.4) is 0 Å². The molecule has 1 saturated heterocycles. The molecule has 1 saturated carbocycles. The fourth-order valence-electron chi connectivity index (χ4n) is 3.20. The molecule has 0 N–H and O–H groups in total. The van der Waals surface area contributed by atoms with E-state index in [1.807, 2.05) is 18.2 Å². The van der Waals surface area contributed by atoms with Crippen molar-refractivity contribution in [3.8, 4) is 0 Å². The molecule has 2 aliphatic rings. The predicted octanol–water partition coefficient (Wildman–Crippen LogP) is 2.29. The molecule has 0 amide bonds. The van der Waals surface area contributed by atoms with E-state index in [2.05, 4.69) is 14.9 Å². The first-order valence-electron chi connectivity index (χ1n) is 8.20. The fourth-order valence-corrected chi connectivity index (χ4v) is 5.25. The number of benzene rings is 1. The average Bonchev–Trinajstić information content (AvgIpc) is 3.41. The summed E-state index contributed by atoms with van der Waals surface area (Å²) in [6.45, 7) is 2.49. The lowest BCUT2D eigenvalue weighted by Gasteiger charge is -2.23. The molecular weight excluding hydrogens is 348 g/mol. The maximum Gasteiger partial charge on any atom is 0.217 e. The third kappa shape index (κ3) is 2.96. The Balaban J connectivity index is 1.61. The van der Waals surface area contributed by atoms with E-state index < -0.39 is 10.0 Å². The molecule has 128 valence electrons. The van der Waals surface area contributed by atoms with E-state index in [0.29, 0.717) is 24.7 Å². The highest BCUT2D eigenvalue weighted by Crippen LogP contribution is 2.32. The van der Waals surface area contributed by atoms with Gasteiger partial charge in [0, 0.05) is 36.6 Å². The van der Waals surface area contributed by atoms with Crippen LogP contribution in [0.4, 0.5) is 5.82 Å². The Morgan fingerprint density at radius 3 is 2.71 bits per heavy atom. The molecule has 2 aromatic rings. The zero-order valence-corrected chi connectivity index (χ0v) is 14.8. The van der Waals surface area contributed by atoms with E-state index in [1.165, 1.54) is 0 Å². The first kappa shape index (κ1) is 16.1. The van der Waals surface area contributed by atoms with Gasteiger partial charge in [0.1, 0.15) is 12.1 Å². The first-order valence-corrected chi connectivity index (χ1v) is 10.1. The van der Waals surface area contributed by atoms with E-state index in [1.54, 1.807) is 10.6 Å². The largest absolute Gasteiger partial charge is 0.355 e. The minimum atomic E-state index is -3.11. The summed E-state index contributed by atoms with van der Waals surface area (Å²) in [7, 11) is -3.11. The lowest BCUT2D eigenvalue weighted by Crippen LogP contribution is -2.37. The highest BCUT2D eigenvalue weighted by molar-refractivity contribution is 7.90. The number of sulfonamides is 1. The second kappa shape index (κ2) is 6.13. The summed E-state index contributed by atoms with van der Waals surface area (Å²) in [5, 5.41) is 1.40. The number of anilines is 1. The van der Waals surface area contributed by atoms with Gasteiger partial charge >= 0.3 is 0 Å². The van der Waals surface area contributed by atoms with Crippen LogP contribution in [0, 0.1) is 0 Å². The molecule has 0 radical (unpaired) electrons. The molecule has 2 fully saturated rings. The molecule has 2 heterocycles. The van der Waals surface area contributed by atoms with E-state index in [4.69, 9.17) is 11.6 Å². The molecule has 6 nitrogen and oxygen atoms in total. The Morgan fingerprint density at radius 2 is 1.92 bits per heavy atom.